The maximum atomic E-state index is 11.5. The normalized spacial score (nSPS) is 9.76. The van der Waals surface area contributed by atoms with E-state index >= 15 is 0 Å². The van der Waals surface area contributed by atoms with Crippen LogP contribution in [0.25, 0.3) is 0 Å². The van der Waals surface area contributed by atoms with Crippen molar-refractivity contribution in [2.24, 2.45) is 0 Å². The van der Waals surface area contributed by atoms with Gasteiger partial charge in [-0.1, -0.05) is 11.2 Å². The lowest BCUT2D eigenvalue weighted by Crippen LogP contribution is -2.40. The number of hydrogen-bond donors (Lipinski definition) is 1. The summed E-state index contributed by atoms with van der Waals surface area (Å²) in [6.45, 7) is 6.84. The van der Waals surface area contributed by atoms with E-state index in [1.54, 1.807) is 19.1 Å². The molecule has 0 saturated carbocycles. The second kappa shape index (κ2) is 5.83. The maximum Gasteiger partial charge on any atom is 0.240 e. The molecule has 0 radical (unpaired) electrons. The third-order valence-corrected chi connectivity index (χ3v) is 2.02. The molecular weight excluding hydrogens is 222 g/mol. The number of nitrogens with zero attached hydrogens (tertiary/aromatic N) is 2. The molecule has 0 saturated heterocycles. The third kappa shape index (κ3) is 3.75. The Balaban J connectivity index is 2.70. The third-order valence-electron chi connectivity index (χ3n) is 2.02. The van der Waals surface area contributed by atoms with Crippen LogP contribution in [0.15, 0.2) is 23.2 Å². The first-order chi connectivity index (χ1) is 8.04. The maximum absolute atomic E-state index is 11.5. The Morgan fingerprint density at radius 1 is 1.65 bits per heavy atom. The molecule has 2 amide bonds. The van der Waals surface area contributed by atoms with Crippen molar-refractivity contribution in [1.29, 1.82) is 0 Å². The highest BCUT2D eigenvalue weighted by molar-refractivity contribution is 5.96. The highest BCUT2D eigenvalue weighted by atomic mass is 16.5. The minimum Gasteiger partial charge on any atom is -0.360 e. The number of nitrogens with one attached hydrogen (secondary N) is 1. The Morgan fingerprint density at radius 2 is 2.35 bits per heavy atom. The van der Waals surface area contributed by atoms with E-state index in [1.807, 2.05) is 0 Å². The van der Waals surface area contributed by atoms with Crippen LogP contribution in [-0.2, 0) is 9.59 Å². The highest BCUT2D eigenvalue weighted by Crippen LogP contribution is 2.13. The van der Waals surface area contributed by atoms with Crippen molar-refractivity contribution in [3.05, 3.63) is 24.5 Å². The molecular formula is C11H15N3O3. The lowest BCUT2D eigenvalue weighted by Gasteiger charge is -2.16. The fraction of sp³-hybridized carbons (Fsp3) is 0.364. The molecule has 0 spiro atoms. The van der Waals surface area contributed by atoms with Gasteiger partial charge in [-0.3, -0.25) is 14.5 Å². The van der Waals surface area contributed by atoms with Crippen molar-refractivity contribution in [2.45, 2.75) is 13.8 Å². The summed E-state index contributed by atoms with van der Waals surface area (Å²) >= 11 is 0. The molecule has 0 aliphatic heterocycles. The van der Waals surface area contributed by atoms with E-state index in [0.717, 1.165) is 0 Å². The summed E-state index contributed by atoms with van der Waals surface area (Å²) in [7, 11) is 0. The summed E-state index contributed by atoms with van der Waals surface area (Å²) in [5.41, 5.74) is 0. The average Bonchev–Trinajstić information content (AvgIpc) is 2.69. The number of rotatable bonds is 5. The molecule has 1 aromatic heterocycles. The molecule has 0 aliphatic rings. The molecule has 0 unspecified atom stereocenters. The van der Waals surface area contributed by atoms with E-state index in [1.165, 1.54) is 11.8 Å². The zero-order valence-electron chi connectivity index (χ0n) is 9.90. The van der Waals surface area contributed by atoms with E-state index in [9.17, 15) is 9.59 Å². The molecule has 1 aromatic rings. The van der Waals surface area contributed by atoms with Crippen molar-refractivity contribution in [1.82, 2.24) is 10.5 Å². The molecule has 1 N–H and O–H groups in total. The monoisotopic (exact) mass is 237 g/mol. The number of anilines is 1. The van der Waals surface area contributed by atoms with Gasteiger partial charge in [-0.05, 0) is 6.92 Å². The number of aromatic nitrogens is 1. The average molecular weight is 237 g/mol. The van der Waals surface area contributed by atoms with E-state index in [2.05, 4.69) is 17.1 Å². The molecule has 0 bridgehead atoms. The SMILES string of the molecule is C=CCNC(=O)CN(C(C)=O)c1cc(C)on1. The van der Waals surface area contributed by atoms with Crippen molar-refractivity contribution in [2.75, 3.05) is 18.0 Å². The van der Waals surface area contributed by atoms with Gasteiger partial charge in [-0.15, -0.1) is 6.58 Å². The summed E-state index contributed by atoms with van der Waals surface area (Å²) < 4.78 is 4.87. The van der Waals surface area contributed by atoms with Gasteiger partial charge in [-0.2, -0.15) is 0 Å². The predicted molar refractivity (Wildman–Crippen MR) is 62.5 cm³/mol. The van der Waals surface area contributed by atoms with E-state index in [0.29, 0.717) is 18.1 Å². The van der Waals surface area contributed by atoms with Gasteiger partial charge < -0.3 is 9.84 Å². The molecule has 0 aromatic carbocycles. The summed E-state index contributed by atoms with van der Waals surface area (Å²) in [5.74, 6) is 0.370. The van der Waals surface area contributed by atoms with E-state index < -0.39 is 0 Å². The molecule has 0 fully saturated rings. The summed E-state index contributed by atoms with van der Waals surface area (Å²) in [4.78, 5) is 24.1. The Kier molecular flexibility index (Phi) is 4.45. The number of hydrogen-bond acceptors (Lipinski definition) is 4. The molecule has 92 valence electrons. The number of aryl methyl sites for hydroxylation is 1. The highest BCUT2D eigenvalue weighted by Gasteiger charge is 2.18. The van der Waals surface area contributed by atoms with Gasteiger partial charge in [0.15, 0.2) is 5.82 Å². The topological polar surface area (TPSA) is 75.4 Å². The van der Waals surface area contributed by atoms with Crippen molar-refractivity contribution >= 4 is 17.6 Å². The zero-order valence-corrected chi connectivity index (χ0v) is 9.90. The predicted octanol–water partition coefficient (Wildman–Crippen LogP) is 0.638. The number of carbonyl (C=O) groups excluding carboxylic acids is 2. The van der Waals surface area contributed by atoms with Crippen molar-refractivity contribution < 1.29 is 14.1 Å². The fourth-order valence-electron chi connectivity index (χ4n) is 1.22. The second-order valence-electron chi connectivity index (χ2n) is 3.49. The fourth-order valence-corrected chi connectivity index (χ4v) is 1.22. The minimum absolute atomic E-state index is 0.0881. The first-order valence-corrected chi connectivity index (χ1v) is 5.13. The van der Waals surface area contributed by atoms with Gasteiger partial charge in [0.05, 0.1) is 0 Å². The van der Waals surface area contributed by atoms with E-state index in [-0.39, 0.29) is 18.4 Å². The van der Waals surface area contributed by atoms with Gasteiger partial charge in [0.2, 0.25) is 11.8 Å². The van der Waals surface area contributed by atoms with Crippen LogP contribution in [0.3, 0.4) is 0 Å². The van der Waals surface area contributed by atoms with Crippen LogP contribution in [0.4, 0.5) is 5.82 Å². The number of carbonyl (C=O) groups is 2. The first-order valence-electron chi connectivity index (χ1n) is 5.13. The van der Waals surface area contributed by atoms with Gasteiger partial charge >= 0.3 is 0 Å². The van der Waals surface area contributed by atoms with Crippen LogP contribution in [0, 0.1) is 6.92 Å². The minimum atomic E-state index is -0.277. The summed E-state index contributed by atoms with van der Waals surface area (Å²) in [6.07, 6.45) is 1.57. The van der Waals surface area contributed by atoms with Crippen LogP contribution in [-0.4, -0.2) is 30.1 Å². The largest absolute Gasteiger partial charge is 0.360 e. The molecule has 17 heavy (non-hydrogen) atoms. The van der Waals surface area contributed by atoms with Crippen LogP contribution in [0.1, 0.15) is 12.7 Å². The van der Waals surface area contributed by atoms with Crippen molar-refractivity contribution in [3.8, 4) is 0 Å². The van der Waals surface area contributed by atoms with Crippen LogP contribution < -0.4 is 10.2 Å². The summed E-state index contributed by atoms with van der Waals surface area (Å²) in [5, 5.41) is 6.29. The Morgan fingerprint density at radius 3 is 2.82 bits per heavy atom. The first kappa shape index (κ1) is 13.0. The quantitative estimate of drug-likeness (QED) is 0.762. The summed E-state index contributed by atoms with van der Waals surface area (Å²) in [6, 6.07) is 1.60. The lowest BCUT2D eigenvalue weighted by atomic mass is 10.4. The molecule has 6 nitrogen and oxygen atoms in total. The molecule has 6 heteroatoms. The second-order valence-corrected chi connectivity index (χ2v) is 3.49. The molecule has 1 heterocycles. The Labute approximate surface area is 99.3 Å². The van der Waals surface area contributed by atoms with Gasteiger partial charge in [0.1, 0.15) is 12.3 Å². The van der Waals surface area contributed by atoms with Gasteiger partial charge in [0, 0.05) is 19.5 Å². The van der Waals surface area contributed by atoms with Gasteiger partial charge in [0.25, 0.3) is 0 Å². The van der Waals surface area contributed by atoms with Crippen LogP contribution >= 0.6 is 0 Å². The van der Waals surface area contributed by atoms with Crippen molar-refractivity contribution in [3.63, 3.8) is 0 Å². The molecule has 0 aliphatic carbocycles. The lowest BCUT2D eigenvalue weighted by molar-refractivity contribution is -0.122. The van der Waals surface area contributed by atoms with Crippen LogP contribution in [0.2, 0.25) is 0 Å². The number of amides is 2. The Hall–Kier alpha value is -2.11. The van der Waals surface area contributed by atoms with E-state index in [4.69, 9.17) is 4.52 Å². The molecule has 0 atom stereocenters. The standard InChI is InChI=1S/C11H15N3O3/c1-4-5-12-11(16)7-14(9(3)15)10-6-8(2)17-13-10/h4,6H,1,5,7H2,2-3H3,(H,12,16). The molecule has 1 rings (SSSR count). The Bertz CT molecular complexity index is 425. The smallest absolute Gasteiger partial charge is 0.240 e. The van der Waals surface area contributed by atoms with Crippen LogP contribution in [0.5, 0.6) is 0 Å². The van der Waals surface area contributed by atoms with Gasteiger partial charge in [-0.25, -0.2) is 0 Å². The zero-order chi connectivity index (χ0) is 12.8.